The third kappa shape index (κ3) is 4.39. The fourth-order valence-electron chi connectivity index (χ4n) is 3.53. The molecule has 0 atom stereocenters. The Kier molecular flexibility index (Phi) is 4.70. The Bertz CT molecular complexity index is 702. The van der Waals surface area contributed by atoms with Crippen molar-refractivity contribution in [3.8, 4) is 0 Å². The molecule has 1 saturated carbocycles. The Morgan fingerprint density at radius 1 is 1.16 bits per heavy atom. The maximum Gasteiger partial charge on any atom is 0.319 e. The van der Waals surface area contributed by atoms with Crippen molar-refractivity contribution in [2.24, 2.45) is 0 Å². The van der Waals surface area contributed by atoms with Crippen molar-refractivity contribution < 1.29 is 4.79 Å². The van der Waals surface area contributed by atoms with Crippen LogP contribution >= 0.6 is 0 Å². The van der Waals surface area contributed by atoms with Gasteiger partial charge in [0, 0.05) is 43.3 Å². The molecule has 0 unspecified atom stereocenters. The SMILES string of the molecule is O=C(Nc1cccc(Cn2cccn2)c1)NC1CCN(C2CC2)CC1. The predicted molar refractivity (Wildman–Crippen MR) is 97.5 cm³/mol. The Labute approximate surface area is 148 Å². The molecular formula is C19H25N5O. The van der Waals surface area contributed by atoms with E-state index in [0.29, 0.717) is 6.54 Å². The molecule has 0 bridgehead atoms. The van der Waals surface area contributed by atoms with E-state index in [0.717, 1.165) is 43.2 Å². The van der Waals surface area contributed by atoms with Crippen LogP contribution in [-0.2, 0) is 6.54 Å². The lowest BCUT2D eigenvalue weighted by molar-refractivity contribution is 0.189. The molecule has 2 heterocycles. The molecule has 132 valence electrons. The van der Waals surface area contributed by atoms with Crippen LogP contribution < -0.4 is 10.6 Å². The fraction of sp³-hybridized carbons (Fsp3) is 0.474. The molecule has 2 aliphatic rings. The minimum Gasteiger partial charge on any atom is -0.335 e. The fourth-order valence-corrected chi connectivity index (χ4v) is 3.53. The molecule has 6 heteroatoms. The maximum absolute atomic E-state index is 12.3. The minimum absolute atomic E-state index is 0.110. The summed E-state index contributed by atoms with van der Waals surface area (Å²) in [4.78, 5) is 14.8. The van der Waals surface area contributed by atoms with Crippen molar-refractivity contribution in [3.63, 3.8) is 0 Å². The molecule has 2 fully saturated rings. The van der Waals surface area contributed by atoms with Crippen LogP contribution in [0.15, 0.2) is 42.7 Å². The van der Waals surface area contributed by atoms with E-state index in [1.54, 1.807) is 6.20 Å². The number of rotatable bonds is 5. The normalized spacial score (nSPS) is 18.9. The molecule has 1 saturated heterocycles. The summed E-state index contributed by atoms with van der Waals surface area (Å²) in [6.45, 7) is 2.91. The summed E-state index contributed by atoms with van der Waals surface area (Å²) < 4.78 is 1.87. The second kappa shape index (κ2) is 7.27. The van der Waals surface area contributed by atoms with E-state index >= 15 is 0 Å². The van der Waals surface area contributed by atoms with E-state index in [4.69, 9.17) is 0 Å². The molecular weight excluding hydrogens is 314 g/mol. The molecule has 1 aromatic heterocycles. The van der Waals surface area contributed by atoms with Gasteiger partial charge in [0.25, 0.3) is 0 Å². The molecule has 1 aliphatic carbocycles. The molecule has 4 rings (SSSR count). The summed E-state index contributed by atoms with van der Waals surface area (Å²) in [7, 11) is 0. The number of hydrogen-bond donors (Lipinski definition) is 2. The van der Waals surface area contributed by atoms with Gasteiger partial charge in [-0.05, 0) is 49.4 Å². The molecule has 2 aromatic rings. The van der Waals surface area contributed by atoms with Gasteiger partial charge in [0.05, 0.1) is 6.54 Å². The van der Waals surface area contributed by atoms with Gasteiger partial charge < -0.3 is 15.5 Å². The number of piperidine rings is 1. The largest absolute Gasteiger partial charge is 0.335 e. The highest BCUT2D eigenvalue weighted by Gasteiger charge is 2.32. The van der Waals surface area contributed by atoms with Crippen LogP contribution in [0.2, 0.25) is 0 Å². The number of nitrogens with one attached hydrogen (secondary N) is 2. The lowest BCUT2D eigenvalue weighted by Crippen LogP contribution is -2.46. The second-order valence-corrected chi connectivity index (χ2v) is 7.04. The number of likely N-dealkylation sites (tertiary alicyclic amines) is 1. The monoisotopic (exact) mass is 339 g/mol. The number of benzene rings is 1. The van der Waals surface area contributed by atoms with Crippen LogP contribution in [0, 0.1) is 0 Å². The lowest BCUT2D eigenvalue weighted by atomic mass is 10.1. The Morgan fingerprint density at radius 3 is 2.72 bits per heavy atom. The zero-order valence-corrected chi connectivity index (χ0v) is 14.4. The van der Waals surface area contributed by atoms with E-state index in [-0.39, 0.29) is 12.1 Å². The summed E-state index contributed by atoms with van der Waals surface area (Å²) in [6.07, 6.45) is 8.50. The first-order valence-corrected chi connectivity index (χ1v) is 9.14. The first-order chi connectivity index (χ1) is 12.3. The molecule has 1 aromatic carbocycles. The molecule has 1 aliphatic heterocycles. The smallest absolute Gasteiger partial charge is 0.319 e. The van der Waals surface area contributed by atoms with Gasteiger partial charge in [0.15, 0.2) is 0 Å². The van der Waals surface area contributed by atoms with Crippen LogP contribution in [-0.4, -0.2) is 45.9 Å². The number of nitrogens with zero attached hydrogens (tertiary/aromatic N) is 3. The van der Waals surface area contributed by atoms with E-state index in [1.807, 2.05) is 41.2 Å². The van der Waals surface area contributed by atoms with E-state index in [1.165, 1.54) is 12.8 Å². The van der Waals surface area contributed by atoms with Gasteiger partial charge in [0.2, 0.25) is 0 Å². The Morgan fingerprint density at radius 2 is 2.00 bits per heavy atom. The van der Waals surface area contributed by atoms with Crippen molar-refractivity contribution >= 4 is 11.7 Å². The highest BCUT2D eigenvalue weighted by atomic mass is 16.2. The highest BCUT2D eigenvalue weighted by Crippen LogP contribution is 2.29. The molecule has 25 heavy (non-hydrogen) atoms. The van der Waals surface area contributed by atoms with Gasteiger partial charge in [-0.15, -0.1) is 0 Å². The Balaban J connectivity index is 1.27. The third-order valence-corrected chi connectivity index (χ3v) is 5.02. The number of carbonyl (C=O) groups is 1. The third-order valence-electron chi connectivity index (χ3n) is 5.02. The summed E-state index contributed by atoms with van der Waals surface area (Å²) in [5, 5.41) is 10.3. The zero-order valence-electron chi connectivity index (χ0n) is 14.4. The molecule has 0 spiro atoms. The van der Waals surface area contributed by atoms with Gasteiger partial charge >= 0.3 is 6.03 Å². The molecule has 0 radical (unpaired) electrons. The average molecular weight is 339 g/mol. The van der Waals surface area contributed by atoms with Crippen molar-refractivity contribution in [2.75, 3.05) is 18.4 Å². The topological polar surface area (TPSA) is 62.2 Å². The second-order valence-electron chi connectivity index (χ2n) is 7.04. The minimum atomic E-state index is -0.110. The highest BCUT2D eigenvalue weighted by molar-refractivity contribution is 5.89. The van der Waals surface area contributed by atoms with Crippen LogP contribution in [0.25, 0.3) is 0 Å². The lowest BCUT2D eigenvalue weighted by Gasteiger charge is -2.32. The van der Waals surface area contributed by atoms with Crippen molar-refractivity contribution in [1.82, 2.24) is 20.0 Å². The van der Waals surface area contributed by atoms with Gasteiger partial charge in [-0.3, -0.25) is 4.68 Å². The van der Waals surface area contributed by atoms with Crippen LogP contribution in [0.4, 0.5) is 10.5 Å². The number of carbonyl (C=O) groups excluding carboxylic acids is 1. The standard InChI is InChI=1S/C19H25N5O/c25-19(21-16-7-11-23(12-8-16)18-5-6-18)22-17-4-1-3-15(13-17)14-24-10-2-9-20-24/h1-4,9-10,13,16,18H,5-8,11-12,14H2,(H2,21,22,25). The van der Waals surface area contributed by atoms with Crippen molar-refractivity contribution in [3.05, 3.63) is 48.3 Å². The van der Waals surface area contributed by atoms with Gasteiger partial charge in [-0.2, -0.15) is 5.10 Å². The summed E-state index contributed by atoms with van der Waals surface area (Å²) in [5.41, 5.74) is 1.93. The molecule has 6 nitrogen and oxygen atoms in total. The number of anilines is 1. The van der Waals surface area contributed by atoms with Gasteiger partial charge in [-0.1, -0.05) is 12.1 Å². The summed E-state index contributed by atoms with van der Waals surface area (Å²) in [5.74, 6) is 0. The molecule has 2 N–H and O–H groups in total. The average Bonchev–Trinajstić information content (AvgIpc) is 3.33. The van der Waals surface area contributed by atoms with E-state index < -0.39 is 0 Å². The molecule has 2 amide bonds. The van der Waals surface area contributed by atoms with Crippen molar-refractivity contribution in [2.45, 2.75) is 44.3 Å². The first-order valence-electron chi connectivity index (χ1n) is 9.14. The van der Waals surface area contributed by atoms with E-state index in [9.17, 15) is 4.79 Å². The maximum atomic E-state index is 12.3. The van der Waals surface area contributed by atoms with Gasteiger partial charge in [0.1, 0.15) is 0 Å². The number of aromatic nitrogens is 2. The van der Waals surface area contributed by atoms with Crippen LogP contribution in [0.5, 0.6) is 0 Å². The zero-order chi connectivity index (χ0) is 17.1. The Hall–Kier alpha value is -2.34. The summed E-state index contributed by atoms with van der Waals surface area (Å²) >= 11 is 0. The van der Waals surface area contributed by atoms with Gasteiger partial charge in [-0.25, -0.2) is 4.79 Å². The van der Waals surface area contributed by atoms with Crippen LogP contribution in [0.1, 0.15) is 31.2 Å². The van der Waals surface area contributed by atoms with Crippen molar-refractivity contribution in [1.29, 1.82) is 0 Å². The number of amides is 2. The quantitative estimate of drug-likeness (QED) is 0.880. The van der Waals surface area contributed by atoms with E-state index in [2.05, 4.69) is 20.6 Å². The first kappa shape index (κ1) is 16.1. The van der Waals surface area contributed by atoms with Crippen LogP contribution in [0.3, 0.4) is 0 Å². The summed E-state index contributed by atoms with van der Waals surface area (Å²) in [6, 6.07) is 10.8. The predicted octanol–water partition coefficient (Wildman–Crippen LogP) is 2.68. The number of urea groups is 1. The number of hydrogen-bond acceptors (Lipinski definition) is 3.